The summed E-state index contributed by atoms with van der Waals surface area (Å²) in [6, 6.07) is 5.89. The number of hydrogen-bond acceptors (Lipinski definition) is 7. The normalized spacial score (nSPS) is 16.0. The lowest BCUT2D eigenvalue weighted by molar-refractivity contribution is 0.273. The van der Waals surface area contributed by atoms with E-state index in [-0.39, 0.29) is 5.41 Å². The maximum absolute atomic E-state index is 5.59. The van der Waals surface area contributed by atoms with E-state index in [1.165, 1.54) is 5.56 Å². The first-order valence-electron chi connectivity index (χ1n) is 8.17. The van der Waals surface area contributed by atoms with Gasteiger partial charge in [0.2, 0.25) is 0 Å². The fourth-order valence-electron chi connectivity index (χ4n) is 3.47. The Hall–Kier alpha value is -3.16. The van der Waals surface area contributed by atoms with Crippen molar-refractivity contribution in [1.82, 2.24) is 35.1 Å². The zero-order valence-electron chi connectivity index (χ0n) is 13.6. The molecule has 0 N–H and O–H groups in total. The number of aryl methyl sites for hydroxylation is 1. The fraction of sp³-hybridized carbons (Fsp3) is 0.294. The highest BCUT2D eigenvalue weighted by molar-refractivity contribution is 5.86. The summed E-state index contributed by atoms with van der Waals surface area (Å²) in [5.74, 6) is 1.16. The van der Waals surface area contributed by atoms with E-state index in [1.54, 1.807) is 17.9 Å². The van der Waals surface area contributed by atoms with E-state index in [2.05, 4.69) is 25.4 Å². The Labute approximate surface area is 142 Å². The number of pyridine rings is 2. The third-order valence-corrected chi connectivity index (χ3v) is 5.01. The highest BCUT2D eigenvalue weighted by Gasteiger charge is 2.44. The van der Waals surface area contributed by atoms with Gasteiger partial charge in [0.1, 0.15) is 5.52 Å². The maximum Gasteiger partial charge on any atom is 0.260 e. The van der Waals surface area contributed by atoms with Gasteiger partial charge in [0.25, 0.3) is 5.89 Å². The minimum absolute atomic E-state index is 0.181. The van der Waals surface area contributed by atoms with E-state index < -0.39 is 0 Å². The van der Waals surface area contributed by atoms with Crippen LogP contribution < -0.4 is 0 Å². The van der Waals surface area contributed by atoms with Gasteiger partial charge in [0, 0.05) is 25.6 Å². The summed E-state index contributed by atoms with van der Waals surface area (Å²) >= 11 is 0. The summed E-state index contributed by atoms with van der Waals surface area (Å²) in [5.41, 5.74) is 3.09. The largest absolute Gasteiger partial charge is 0.334 e. The summed E-state index contributed by atoms with van der Waals surface area (Å²) in [4.78, 5) is 13.1. The van der Waals surface area contributed by atoms with Crippen LogP contribution in [-0.2, 0) is 12.5 Å². The highest BCUT2D eigenvalue weighted by Crippen LogP contribution is 2.48. The molecule has 0 atom stereocenters. The van der Waals surface area contributed by atoms with Crippen molar-refractivity contribution < 1.29 is 4.52 Å². The molecule has 0 aliphatic heterocycles. The van der Waals surface area contributed by atoms with Gasteiger partial charge >= 0.3 is 0 Å². The second-order valence-corrected chi connectivity index (χ2v) is 6.34. The number of fused-ring (bicyclic) bond motifs is 1. The average molecular weight is 333 g/mol. The van der Waals surface area contributed by atoms with E-state index in [0.717, 1.165) is 24.8 Å². The summed E-state index contributed by atoms with van der Waals surface area (Å²) in [5, 5.41) is 12.5. The molecule has 25 heavy (non-hydrogen) atoms. The van der Waals surface area contributed by atoms with Crippen LogP contribution in [0, 0.1) is 0 Å². The molecule has 1 fully saturated rings. The van der Waals surface area contributed by atoms with Crippen molar-refractivity contribution in [1.29, 1.82) is 0 Å². The van der Waals surface area contributed by atoms with Crippen LogP contribution in [0.1, 0.15) is 30.7 Å². The molecule has 5 rings (SSSR count). The molecule has 0 spiro atoms. The fourth-order valence-corrected chi connectivity index (χ4v) is 3.47. The Morgan fingerprint density at radius 2 is 1.96 bits per heavy atom. The zero-order valence-corrected chi connectivity index (χ0v) is 13.6. The van der Waals surface area contributed by atoms with Crippen LogP contribution in [0.25, 0.3) is 22.6 Å². The van der Waals surface area contributed by atoms with Crippen molar-refractivity contribution >= 4 is 11.2 Å². The van der Waals surface area contributed by atoms with Gasteiger partial charge in [-0.25, -0.2) is 9.67 Å². The topological polar surface area (TPSA) is 95.4 Å². The molecule has 8 heteroatoms. The molecule has 0 unspecified atom stereocenters. The molecule has 0 radical (unpaired) electrons. The first-order valence-corrected chi connectivity index (χ1v) is 8.17. The summed E-state index contributed by atoms with van der Waals surface area (Å²) in [6.07, 6.45) is 8.48. The quantitative estimate of drug-likeness (QED) is 0.567. The molecule has 0 saturated heterocycles. The maximum atomic E-state index is 5.59. The molecule has 0 amide bonds. The smallest absolute Gasteiger partial charge is 0.260 e. The Balaban J connectivity index is 1.62. The van der Waals surface area contributed by atoms with Gasteiger partial charge in [-0.05, 0) is 36.6 Å². The van der Waals surface area contributed by atoms with E-state index >= 15 is 0 Å². The second-order valence-electron chi connectivity index (χ2n) is 6.34. The molecule has 1 saturated carbocycles. The number of nitrogens with zero attached hydrogens (tertiary/aromatic N) is 7. The molecule has 0 bridgehead atoms. The van der Waals surface area contributed by atoms with Crippen molar-refractivity contribution in [2.45, 2.75) is 24.7 Å². The Morgan fingerprint density at radius 1 is 1.12 bits per heavy atom. The van der Waals surface area contributed by atoms with Gasteiger partial charge in [-0.1, -0.05) is 16.8 Å². The highest BCUT2D eigenvalue weighted by atomic mass is 16.5. The van der Waals surface area contributed by atoms with Crippen molar-refractivity contribution in [2.75, 3.05) is 0 Å². The van der Waals surface area contributed by atoms with E-state index in [4.69, 9.17) is 9.51 Å². The second kappa shape index (κ2) is 5.17. The van der Waals surface area contributed by atoms with Crippen molar-refractivity contribution in [3.05, 3.63) is 48.2 Å². The first kappa shape index (κ1) is 14.2. The van der Waals surface area contributed by atoms with Crippen LogP contribution in [-0.4, -0.2) is 35.1 Å². The minimum atomic E-state index is -0.181. The summed E-state index contributed by atoms with van der Waals surface area (Å²) in [6.45, 7) is 0. The monoisotopic (exact) mass is 333 g/mol. The van der Waals surface area contributed by atoms with Crippen LogP contribution >= 0.6 is 0 Å². The Morgan fingerprint density at radius 3 is 2.72 bits per heavy atom. The van der Waals surface area contributed by atoms with Crippen LogP contribution in [0.15, 0.2) is 41.3 Å². The van der Waals surface area contributed by atoms with Crippen LogP contribution in [0.2, 0.25) is 0 Å². The Kier molecular flexibility index (Phi) is 2.94. The minimum Gasteiger partial charge on any atom is -0.334 e. The van der Waals surface area contributed by atoms with E-state index in [1.807, 2.05) is 30.6 Å². The molecule has 0 aromatic carbocycles. The molecule has 4 aromatic heterocycles. The van der Waals surface area contributed by atoms with Crippen LogP contribution in [0.4, 0.5) is 0 Å². The third kappa shape index (κ3) is 2.00. The van der Waals surface area contributed by atoms with Crippen LogP contribution in [0.3, 0.4) is 0 Å². The summed E-state index contributed by atoms with van der Waals surface area (Å²) < 4.78 is 7.22. The summed E-state index contributed by atoms with van der Waals surface area (Å²) in [7, 11) is 1.80. The molecule has 4 heterocycles. The van der Waals surface area contributed by atoms with E-state index in [9.17, 15) is 0 Å². The lowest BCUT2D eigenvalue weighted by atomic mass is 9.64. The molecule has 124 valence electrons. The van der Waals surface area contributed by atoms with Gasteiger partial charge in [-0.15, -0.1) is 5.10 Å². The van der Waals surface area contributed by atoms with Crippen LogP contribution in [0.5, 0.6) is 0 Å². The SMILES string of the molecule is Cn1nnc2c(-c3nc(C4(c5ccncc5)CCC4)no3)ccnc21. The molecular weight excluding hydrogens is 318 g/mol. The molecule has 8 nitrogen and oxygen atoms in total. The predicted molar refractivity (Wildman–Crippen MR) is 88.5 cm³/mol. The lowest BCUT2D eigenvalue weighted by Gasteiger charge is -2.39. The lowest BCUT2D eigenvalue weighted by Crippen LogP contribution is -2.36. The third-order valence-electron chi connectivity index (χ3n) is 5.01. The van der Waals surface area contributed by atoms with Gasteiger partial charge in [0.15, 0.2) is 11.5 Å². The van der Waals surface area contributed by atoms with Crippen molar-refractivity contribution in [3.63, 3.8) is 0 Å². The van der Waals surface area contributed by atoms with Gasteiger partial charge in [0.05, 0.1) is 11.0 Å². The molecule has 4 aromatic rings. The predicted octanol–water partition coefficient (Wildman–Crippen LogP) is 2.28. The van der Waals surface area contributed by atoms with Crippen molar-refractivity contribution in [3.8, 4) is 11.5 Å². The molecular formula is C17H15N7O. The number of hydrogen-bond donors (Lipinski definition) is 0. The van der Waals surface area contributed by atoms with Gasteiger partial charge in [-0.3, -0.25) is 4.98 Å². The average Bonchev–Trinajstić information content (AvgIpc) is 3.23. The molecule has 1 aliphatic carbocycles. The standard InChI is InChI=1S/C17H15N7O/c1-24-14-13(21-23-24)12(5-10-19-14)15-20-16(22-25-15)17(6-2-7-17)11-3-8-18-9-4-11/h3-5,8-10H,2,6-7H2,1H3. The van der Waals surface area contributed by atoms with Gasteiger partial charge in [-0.2, -0.15) is 4.98 Å². The molecule has 1 aliphatic rings. The zero-order chi connectivity index (χ0) is 16.9. The first-order chi connectivity index (χ1) is 12.3. The number of aromatic nitrogens is 7. The number of rotatable bonds is 3. The van der Waals surface area contributed by atoms with Crippen molar-refractivity contribution in [2.24, 2.45) is 7.05 Å². The van der Waals surface area contributed by atoms with E-state index in [0.29, 0.717) is 22.9 Å². The van der Waals surface area contributed by atoms with Gasteiger partial charge < -0.3 is 4.52 Å². The Bertz CT molecular complexity index is 1050.